The van der Waals surface area contributed by atoms with Crippen molar-refractivity contribution >= 4 is 29.9 Å². The number of aryl methyl sites for hydroxylation is 1. The second-order valence-electron chi connectivity index (χ2n) is 7.35. The van der Waals surface area contributed by atoms with Gasteiger partial charge in [-0.2, -0.15) is 5.10 Å². The van der Waals surface area contributed by atoms with E-state index in [4.69, 9.17) is 4.74 Å². The molecule has 1 saturated carbocycles. The van der Waals surface area contributed by atoms with Crippen LogP contribution in [0.2, 0.25) is 0 Å². The number of nitrogens with one attached hydrogen (secondary N) is 2. The van der Waals surface area contributed by atoms with Crippen molar-refractivity contribution in [1.82, 2.24) is 30.4 Å². The Morgan fingerprint density at radius 3 is 2.72 bits per heavy atom. The number of pyridine rings is 1. The Balaban J connectivity index is 0.00000300. The van der Waals surface area contributed by atoms with Crippen LogP contribution in [0.1, 0.15) is 50.9 Å². The standard InChI is InChI=1S/C20H31N7O.HI/c1-4-21-20(24-13-18-25-14-26-27(18)3)23-12-16-9-10-22-19(11-16)28-17-7-5-15(2)6-8-17;/h9-11,14-15,17H,4-8,12-13H2,1-3H3,(H2,21,23,24);1H. The van der Waals surface area contributed by atoms with Gasteiger partial charge in [0.25, 0.3) is 0 Å². The van der Waals surface area contributed by atoms with Gasteiger partial charge in [0, 0.05) is 25.9 Å². The molecule has 1 fully saturated rings. The van der Waals surface area contributed by atoms with E-state index >= 15 is 0 Å². The van der Waals surface area contributed by atoms with Gasteiger partial charge in [-0.3, -0.25) is 4.68 Å². The maximum atomic E-state index is 6.10. The molecule has 2 N–H and O–H groups in total. The van der Waals surface area contributed by atoms with Gasteiger partial charge in [-0.05, 0) is 50.2 Å². The van der Waals surface area contributed by atoms with Crippen LogP contribution in [0.25, 0.3) is 0 Å². The Kier molecular flexibility index (Phi) is 9.62. The minimum absolute atomic E-state index is 0. The number of guanidine groups is 1. The molecule has 1 aliphatic carbocycles. The molecule has 0 unspecified atom stereocenters. The van der Waals surface area contributed by atoms with Crippen molar-refractivity contribution in [2.45, 2.75) is 58.7 Å². The Morgan fingerprint density at radius 2 is 2.03 bits per heavy atom. The van der Waals surface area contributed by atoms with Crippen LogP contribution in [0.5, 0.6) is 5.88 Å². The van der Waals surface area contributed by atoms with Crippen LogP contribution in [0.15, 0.2) is 29.6 Å². The molecule has 0 aromatic carbocycles. The number of halogens is 1. The Labute approximate surface area is 190 Å². The summed E-state index contributed by atoms with van der Waals surface area (Å²) in [6.45, 7) is 6.26. The lowest BCUT2D eigenvalue weighted by atomic mass is 9.89. The van der Waals surface area contributed by atoms with Crippen molar-refractivity contribution in [1.29, 1.82) is 0 Å². The molecule has 9 heteroatoms. The highest BCUT2D eigenvalue weighted by Gasteiger charge is 2.19. The quantitative estimate of drug-likeness (QED) is 0.336. The predicted molar refractivity (Wildman–Crippen MR) is 124 cm³/mol. The van der Waals surface area contributed by atoms with Crippen LogP contribution in [-0.2, 0) is 20.1 Å². The first-order valence-corrected chi connectivity index (χ1v) is 10.1. The van der Waals surface area contributed by atoms with Crippen LogP contribution < -0.4 is 15.4 Å². The summed E-state index contributed by atoms with van der Waals surface area (Å²) < 4.78 is 7.84. The summed E-state index contributed by atoms with van der Waals surface area (Å²) in [5.41, 5.74) is 1.07. The molecule has 0 amide bonds. The molecule has 160 valence electrons. The molecule has 1 aliphatic rings. The zero-order valence-corrected chi connectivity index (χ0v) is 19.8. The van der Waals surface area contributed by atoms with Crippen LogP contribution in [0, 0.1) is 5.92 Å². The highest BCUT2D eigenvalue weighted by Crippen LogP contribution is 2.26. The Hall–Kier alpha value is -1.91. The van der Waals surface area contributed by atoms with Gasteiger partial charge in [-0.25, -0.2) is 15.0 Å². The fourth-order valence-electron chi connectivity index (χ4n) is 3.29. The summed E-state index contributed by atoms with van der Waals surface area (Å²) in [5, 5.41) is 10.6. The van der Waals surface area contributed by atoms with E-state index in [2.05, 4.69) is 37.6 Å². The van der Waals surface area contributed by atoms with Crippen LogP contribution >= 0.6 is 24.0 Å². The number of rotatable bonds is 7. The van der Waals surface area contributed by atoms with Crippen molar-refractivity contribution < 1.29 is 4.74 Å². The highest BCUT2D eigenvalue weighted by molar-refractivity contribution is 14.0. The largest absolute Gasteiger partial charge is 0.474 e. The molecule has 0 radical (unpaired) electrons. The van der Waals surface area contributed by atoms with E-state index in [-0.39, 0.29) is 30.1 Å². The van der Waals surface area contributed by atoms with Crippen LogP contribution in [0.3, 0.4) is 0 Å². The lowest BCUT2D eigenvalue weighted by Crippen LogP contribution is -2.37. The maximum absolute atomic E-state index is 6.10. The summed E-state index contributed by atoms with van der Waals surface area (Å²) in [7, 11) is 1.87. The molecule has 3 rings (SSSR count). The van der Waals surface area contributed by atoms with Gasteiger partial charge in [0.2, 0.25) is 5.88 Å². The third kappa shape index (κ3) is 7.45. The van der Waals surface area contributed by atoms with Gasteiger partial charge in [0.05, 0.1) is 13.1 Å². The number of aliphatic imine (C=N–C) groups is 1. The molecule has 2 aromatic heterocycles. The second kappa shape index (κ2) is 11.9. The SMILES string of the molecule is CCNC(=NCc1ccnc(OC2CCC(C)CC2)c1)NCc1ncnn1C.I. The summed E-state index contributed by atoms with van der Waals surface area (Å²) >= 11 is 0. The van der Waals surface area contributed by atoms with E-state index in [0.29, 0.717) is 19.0 Å². The Morgan fingerprint density at radius 1 is 1.24 bits per heavy atom. The van der Waals surface area contributed by atoms with Crippen molar-refractivity contribution in [3.63, 3.8) is 0 Å². The minimum atomic E-state index is 0. The molecule has 29 heavy (non-hydrogen) atoms. The first kappa shape index (κ1) is 23.4. The van der Waals surface area contributed by atoms with Crippen molar-refractivity contribution in [2.75, 3.05) is 6.54 Å². The molecule has 0 bridgehead atoms. The number of ether oxygens (including phenoxy) is 1. The van der Waals surface area contributed by atoms with E-state index in [1.165, 1.54) is 12.8 Å². The summed E-state index contributed by atoms with van der Waals surface area (Å²) in [6.07, 6.45) is 8.32. The van der Waals surface area contributed by atoms with E-state index in [1.807, 2.05) is 26.1 Å². The summed E-state index contributed by atoms with van der Waals surface area (Å²) in [4.78, 5) is 13.3. The van der Waals surface area contributed by atoms with Gasteiger partial charge < -0.3 is 15.4 Å². The fraction of sp³-hybridized carbons (Fsp3) is 0.600. The first-order chi connectivity index (χ1) is 13.6. The molecular formula is C20H32IN7O. The average molecular weight is 513 g/mol. The van der Waals surface area contributed by atoms with E-state index < -0.39 is 0 Å². The van der Waals surface area contributed by atoms with Crippen LogP contribution in [0.4, 0.5) is 0 Å². The van der Waals surface area contributed by atoms with Crippen molar-refractivity contribution in [3.8, 4) is 5.88 Å². The van der Waals surface area contributed by atoms with E-state index in [0.717, 1.165) is 42.7 Å². The number of aromatic nitrogens is 4. The number of hydrogen-bond donors (Lipinski definition) is 2. The normalized spacial score (nSPS) is 19.3. The monoisotopic (exact) mass is 513 g/mol. The first-order valence-electron chi connectivity index (χ1n) is 10.1. The predicted octanol–water partition coefficient (Wildman–Crippen LogP) is 3.04. The highest BCUT2D eigenvalue weighted by atomic mass is 127. The topological polar surface area (TPSA) is 89.2 Å². The molecule has 8 nitrogen and oxygen atoms in total. The average Bonchev–Trinajstić information content (AvgIpc) is 3.11. The zero-order chi connectivity index (χ0) is 19.8. The van der Waals surface area contributed by atoms with E-state index in [9.17, 15) is 0 Å². The van der Waals surface area contributed by atoms with Gasteiger partial charge in [0.1, 0.15) is 18.3 Å². The third-order valence-corrected chi connectivity index (χ3v) is 5.03. The van der Waals surface area contributed by atoms with Crippen molar-refractivity contribution in [2.24, 2.45) is 18.0 Å². The Bertz CT molecular complexity index is 772. The molecule has 0 aliphatic heterocycles. The van der Waals surface area contributed by atoms with Crippen LogP contribution in [-0.4, -0.2) is 38.4 Å². The van der Waals surface area contributed by atoms with E-state index in [1.54, 1.807) is 17.2 Å². The maximum Gasteiger partial charge on any atom is 0.213 e. The fourth-order valence-corrected chi connectivity index (χ4v) is 3.29. The molecule has 0 spiro atoms. The van der Waals surface area contributed by atoms with Gasteiger partial charge >= 0.3 is 0 Å². The molecule has 0 atom stereocenters. The molecule has 2 heterocycles. The molecule has 2 aromatic rings. The summed E-state index contributed by atoms with van der Waals surface area (Å²) in [6, 6.07) is 3.97. The molecule has 0 saturated heterocycles. The minimum Gasteiger partial charge on any atom is -0.474 e. The number of nitrogens with zero attached hydrogens (tertiary/aromatic N) is 5. The van der Waals surface area contributed by atoms with Gasteiger partial charge in [-0.15, -0.1) is 24.0 Å². The number of hydrogen-bond acceptors (Lipinski definition) is 5. The van der Waals surface area contributed by atoms with Gasteiger partial charge in [-0.1, -0.05) is 6.92 Å². The summed E-state index contributed by atoms with van der Waals surface area (Å²) in [5.74, 6) is 3.11. The second-order valence-corrected chi connectivity index (χ2v) is 7.35. The van der Waals surface area contributed by atoms with Crippen molar-refractivity contribution in [3.05, 3.63) is 36.0 Å². The lowest BCUT2D eigenvalue weighted by Gasteiger charge is -2.26. The third-order valence-electron chi connectivity index (χ3n) is 5.03. The van der Waals surface area contributed by atoms with Gasteiger partial charge in [0.15, 0.2) is 5.96 Å². The molecular weight excluding hydrogens is 481 g/mol. The lowest BCUT2D eigenvalue weighted by molar-refractivity contribution is 0.130. The zero-order valence-electron chi connectivity index (χ0n) is 17.5. The smallest absolute Gasteiger partial charge is 0.213 e.